The highest BCUT2D eigenvalue weighted by Crippen LogP contribution is 2.53. The van der Waals surface area contributed by atoms with Gasteiger partial charge in [0.15, 0.2) is 23.4 Å². The van der Waals surface area contributed by atoms with Crippen LogP contribution >= 0.6 is 46.4 Å². The maximum absolute atomic E-state index is 12.0. The minimum absolute atomic E-state index is 0.0791. The Balaban J connectivity index is 2.36. The molecule has 2 aromatic rings. The quantitative estimate of drug-likeness (QED) is 0.0826. The fraction of sp³-hybridized carbons (Fsp3) is 0.0500. The molecule has 0 radical (unpaired) electrons. The van der Waals surface area contributed by atoms with E-state index in [-0.39, 0.29) is 59.1 Å². The Morgan fingerprint density at radius 1 is 0.774 bits per heavy atom. The van der Waals surface area contributed by atoms with Gasteiger partial charge < -0.3 is 29.9 Å². The summed E-state index contributed by atoms with van der Waals surface area (Å²) >= 11 is 24.9. The van der Waals surface area contributed by atoms with Crippen LogP contribution in [0.2, 0.25) is 20.1 Å². The van der Waals surface area contributed by atoms with Crippen LogP contribution in [0.15, 0.2) is 33.5 Å². The van der Waals surface area contributed by atoms with Crippen molar-refractivity contribution < 1.29 is 29.9 Å². The Bertz CT molecular complexity index is 1410. The van der Waals surface area contributed by atoms with E-state index in [0.717, 1.165) is 12.1 Å². The van der Waals surface area contributed by atoms with Crippen molar-refractivity contribution in [3.8, 4) is 39.7 Å². The molecule has 5 N–H and O–H groups in total. The highest BCUT2D eigenvalue weighted by atomic mass is 35.5. The minimum Gasteiger partial charge on any atom is -0.504 e. The van der Waals surface area contributed by atoms with Crippen LogP contribution in [0.5, 0.6) is 17.2 Å². The molecule has 31 heavy (non-hydrogen) atoms. The maximum Gasteiger partial charge on any atom is 0.224 e. The zero-order valence-corrected chi connectivity index (χ0v) is 18.0. The first kappa shape index (κ1) is 21.8. The van der Waals surface area contributed by atoms with Crippen molar-refractivity contribution in [3.05, 3.63) is 60.1 Å². The van der Waals surface area contributed by atoms with Gasteiger partial charge in [-0.25, -0.2) is 0 Å². The molecule has 0 saturated carbocycles. The fourth-order valence-electron chi connectivity index (χ4n) is 3.37. The summed E-state index contributed by atoms with van der Waals surface area (Å²) in [6.45, 7) is 0. The van der Waals surface area contributed by atoms with Crippen molar-refractivity contribution in [2.24, 2.45) is 0 Å². The Morgan fingerprint density at radius 3 is 2.06 bits per heavy atom. The second-order valence-electron chi connectivity index (χ2n) is 6.49. The van der Waals surface area contributed by atoms with Gasteiger partial charge >= 0.3 is 0 Å². The van der Waals surface area contributed by atoms with E-state index in [9.17, 15) is 30.3 Å². The second kappa shape index (κ2) is 7.63. The van der Waals surface area contributed by atoms with E-state index in [4.69, 9.17) is 50.8 Å². The van der Waals surface area contributed by atoms with Crippen LogP contribution in [0.1, 0.15) is 11.9 Å². The lowest BCUT2D eigenvalue weighted by Gasteiger charge is -2.22. The van der Waals surface area contributed by atoms with Gasteiger partial charge in [-0.3, -0.25) is 4.79 Å². The third-order valence-corrected chi connectivity index (χ3v) is 6.58. The second-order valence-corrected chi connectivity index (χ2v) is 8.01. The van der Waals surface area contributed by atoms with Gasteiger partial charge in [0.05, 0.1) is 20.1 Å². The van der Waals surface area contributed by atoms with Crippen LogP contribution in [0, 0.1) is 0 Å². The van der Waals surface area contributed by atoms with E-state index in [1.165, 1.54) is 12.1 Å². The largest absolute Gasteiger partial charge is 0.504 e. The van der Waals surface area contributed by atoms with Crippen molar-refractivity contribution in [2.45, 2.75) is 6.29 Å². The van der Waals surface area contributed by atoms with Crippen molar-refractivity contribution >= 4 is 57.4 Å². The molecule has 0 spiro atoms. The molecule has 160 valence electrons. The fourth-order valence-corrected chi connectivity index (χ4v) is 4.43. The number of phenols is 3. The summed E-state index contributed by atoms with van der Waals surface area (Å²) < 4.78 is 5.54. The smallest absolute Gasteiger partial charge is 0.224 e. The molecule has 0 atom stereocenters. The Hall–Kier alpha value is -2.39. The summed E-state index contributed by atoms with van der Waals surface area (Å²) in [7, 11) is 0. The third-order valence-electron chi connectivity index (χ3n) is 4.76. The summed E-state index contributed by atoms with van der Waals surface area (Å²) in [4.78, 5) is 12.0. The molecule has 7 nitrogen and oxygen atoms in total. The Kier molecular flexibility index (Phi) is 5.37. The monoisotopic (exact) mass is 502 g/mol. The van der Waals surface area contributed by atoms with Gasteiger partial charge in [0.2, 0.25) is 16.9 Å². The predicted molar refractivity (Wildman–Crippen MR) is 117 cm³/mol. The zero-order valence-electron chi connectivity index (χ0n) is 15.0. The molecular formula is C20H10Cl4O7. The van der Waals surface area contributed by atoms with Crippen molar-refractivity contribution in [2.75, 3.05) is 0 Å². The van der Waals surface area contributed by atoms with Gasteiger partial charge in [-0.05, 0) is 24.3 Å². The molecule has 2 aliphatic rings. The SMILES string of the molecule is O=c1ccc2c(-c3c(Cl)c(Cl)c(Cl)c(Cl)c3C(O)O)c3ccc(O)c(O)c3oc-2c1O. The summed E-state index contributed by atoms with van der Waals surface area (Å²) in [5.41, 5.74) is -1.32. The lowest BCUT2D eigenvalue weighted by Crippen LogP contribution is -2.05. The van der Waals surface area contributed by atoms with Crippen molar-refractivity contribution in [1.82, 2.24) is 0 Å². The maximum atomic E-state index is 12.0. The minimum atomic E-state index is -2.16. The average molecular weight is 504 g/mol. The molecule has 2 aromatic carbocycles. The van der Waals surface area contributed by atoms with Gasteiger partial charge in [-0.1, -0.05) is 46.4 Å². The van der Waals surface area contributed by atoms with Crippen LogP contribution < -0.4 is 5.43 Å². The normalized spacial score (nSPS) is 11.7. The molecular weight excluding hydrogens is 494 g/mol. The highest BCUT2D eigenvalue weighted by molar-refractivity contribution is 6.53. The summed E-state index contributed by atoms with van der Waals surface area (Å²) in [6.07, 6.45) is -2.16. The van der Waals surface area contributed by atoms with E-state index in [2.05, 4.69) is 0 Å². The van der Waals surface area contributed by atoms with E-state index in [1.54, 1.807) is 0 Å². The molecule has 0 unspecified atom stereocenters. The van der Waals surface area contributed by atoms with Crippen molar-refractivity contribution in [3.63, 3.8) is 0 Å². The summed E-state index contributed by atoms with van der Waals surface area (Å²) in [6, 6.07) is 4.88. The van der Waals surface area contributed by atoms with Crippen LogP contribution in [0.25, 0.3) is 33.4 Å². The van der Waals surface area contributed by atoms with Gasteiger partial charge in [-0.2, -0.15) is 0 Å². The first-order valence-corrected chi connectivity index (χ1v) is 9.93. The van der Waals surface area contributed by atoms with E-state index < -0.39 is 29.0 Å². The summed E-state index contributed by atoms with van der Waals surface area (Å²) in [5, 5.41) is 49.8. The average Bonchev–Trinajstić information content (AvgIpc) is 2.73. The van der Waals surface area contributed by atoms with Gasteiger partial charge in [0, 0.05) is 27.6 Å². The number of benzene rings is 3. The topological polar surface area (TPSA) is 131 Å². The molecule has 0 amide bonds. The van der Waals surface area contributed by atoms with Crippen molar-refractivity contribution in [1.29, 1.82) is 0 Å². The number of hydrogen-bond donors (Lipinski definition) is 5. The van der Waals surface area contributed by atoms with Crippen LogP contribution in [0.4, 0.5) is 0 Å². The molecule has 0 saturated heterocycles. The van der Waals surface area contributed by atoms with Crippen LogP contribution in [-0.2, 0) is 0 Å². The standard InChI is InChI=1S/C20H10Cl4O7/c21-12-10(11(20(29)30)13(22)15(24)14(12)23)9-5-1-3-7(25)16(27)18(5)31-19-6(9)2-4-8(26)17(19)28/h1-4,20,25,27-30H. The number of fused-ring (bicyclic) bond motifs is 2. The number of hydrogen-bond acceptors (Lipinski definition) is 7. The number of phenolic OH excluding ortho intramolecular Hbond substituents is 3. The van der Waals surface area contributed by atoms with Crippen LogP contribution in [-0.4, -0.2) is 25.5 Å². The molecule has 0 fully saturated rings. The van der Waals surface area contributed by atoms with Gasteiger partial charge in [0.25, 0.3) is 0 Å². The number of aromatic hydroxyl groups is 3. The molecule has 1 aliphatic heterocycles. The number of rotatable bonds is 2. The summed E-state index contributed by atoms with van der Waals surface area (Å²) in [5.74, 6) is -2.37. The first-order chi connectivity index (χ1) is 14.6. The number of aliphatic hydroxyl groups excluding tert-OH is 1. The zero-order chi connectivity index (χ0) is 22.8. The van der Waals surface area contributed by atoms with E-state index >= 15 is 0 Å². The number of aliphatic hydroxyl groups is 2. The molecule has 0 bridgehead atoms. The third kappa shape index (κ3) is 3.17. The van der Waals surface area contributed by atoms with E-state index in [0.29, 0.717) is 0 Å². The van der Waals surface area contributed by atoms with Crippen LogP contribution in [0.3, 0.4) is 0 Å². The van der Waals surface area contributed by atoms with E-state index in [1.807, 2.05) is 0 Å². The molecule has 11 heteroatoms. The number of halogens is 4. The Labute approximate surface area is 193 Å². The highest BCUT2D eigenvalue weighted by Gasteiger charge is 2.31. The Morgan fingerprint density at radius 2 is 1.42 bits per heavy atom. The lowest BCUT2D eigenvalue weighted by molar-refractivity contribution is -0.0419. The van der Waals surface area contributed by atoms with Gasteiger partial charge in [0.1, 0.15) is 0 Å². The first-order valence-electron chi connectivity index (χ1n) is 8.42. The van der Waals surface area contributed by atoms with Gasteiger partial charge in [-0.15, -0.1) is 0 Å². The molecule has 1 aliphatic carbocycles. The molecule has 1 heterocycles. The molecule has 4 rings (SSSR count). The lowest BCUT2D eigenvalue weighted by atomic mass is 9.90. The molecule has 0 aromatic heterocycles. The predicted octanol–water partition coefficient (Wildman–Crippen LogP) is 5.28.